The van der Waals surface area contributed by atoms with Crippen molar-refractivity contribution in [1.29, 1.82) is 0 Å². The van der Waals surface area contributed by atoms with E-state index in [1.54, 1.807) is 6.07 Å². The van der Waals surface area contributed by atoms with Gasteiger partial charge in [0.25, 0.3) is 0 Å². The summed E-state index contributed by atoms with van der Waals surface area (Å²) in [4.78, 5) is 0. The second kappa shape index (κ2) is 5.23. The summed E-state index contributed by atoms with van der Waals surface area (Å²) in [5.41, 5.74) is 0.781. The van der Waals surface area contributed by atoms with Crippen LogP contribution in [0.4, 0.5) is 4.39 Å². The fourth-order valence-corrected chi connectivity index (χ4v) is 1.84. The van der Waals surface area contributed by atoms with E-state index in [0.29, 0.717) is 25.4 Å². The van der Waals surface area contributed by atoms with Gasteiger partial charge in [0.1, 0.15) is 13.2 Å². The Morgan fingerprint density at radius 3 is 2.88 bits per heavy atom. The van der Waals surface area contributed by atoms with E-state index in [0.717, 1.165) is 12.1 Å². The lowest BCUT2D eigenvalue weighted by molar-refractivity contribution is 0.162. The van der Waals surface area contributed by atoms with Crippen molar-refractivity contribution in [3.8, 4) is 17.2 Å². The van der Waals surface area contributed by atoms with Gasteiger partial charge >= 0.3 is 0 Å². The van der Waals surface area contributed by atoms with Crippen LogP contribution in [0.15, 0.2) is 6.07 Å². The molecule has 2 rings (SSSR count). The number of methoxy groups -OCH3 is 1. The van der Waals surface area contributed by atoms with Gasteiger partial charge in [-0.1, -0.05) is 0 Å². The van der Waals surface area contributed by atoms with E-state index in [1.165, 1.54) is 7.11 Å². The van der Waals surface area contributed by atoms with Gasteiger partial charge in [-0.05, 0) is 26.1 Å². The van der Waals surface area contributed by atoms with E-state index in [1.807, 2.05) is 7.05 Å². The van der Waals surface area contributed by atoms with Crippen LogP contribution in [0.1, 0.15) is 5.56 Å². The lowest BCUT2D eigenvalue weighted by Crippen LogP contribution is -2.18. The topological polar surface area (TPSA) is 39.7 Å². The molecule has 0 spiro atoms. The summed E-state index contributed by atoms with van der Waals surface area (Å²) in [6, 6.07) is 1.79. The molecule has 0 saturated heterocycles. The third kappa shape index (κ3) is 2.29. The molecule has 17 heavy (non-hydrogen) atoms. The normalized spacial score (nSPS) is 13.6. The summed E-state index contributed by atoms with van der Waals surface area (Å²) in [5, 5.41) is 3.02. The van der Waals surface area contributed by atoms with Gasteiger partial charge < -0.3 is 19.5 Å². The molecule has 5 heteroatoms. The predicted octanol–water partition coefficient (Wildman–Crippen LogP) is 1.37. The zero-order chi connectivity index (χ0) is 12.3. The molecule has 0 amide bonds. The molecule has 1 N–H and O–H groups in total. The fourth-order valence-electron chi connectivity index (χ4n) is 1.84. The summed E-state index contributed by atoms with van der Waals surface area (Å²) >= 11 is 0. The lowest BCUT2D eigenvalue weighted by Gasteiger charge is -2.21. The van der Waals surface area contributed by atoms with Crippen molar-refractivity contribution < 1.29 is 18.6 Å². The first-order valence-corrected chi connectivity index (χ1v) is 5.57. The largest absolute Gasteiger partial charge is 0.493 e. The first kappa shape index (κ1) is 12.0. The van der Waals surface area contributed by atoms with Gasteiger partial charge in [0.15, 0.2) is 11.5 Å². The van der Waals surface area contributed by atoms with Gasteiger partial charge in [-0.25, -0.2) is 0 Å². The van der Waals surface area contributed by atoms with Crippen LogP contribution < -0.4 is 19.5 Å². The molecular formula is C12H16FNO3. The van der Waals surface area contributed by atoms with E-state index in [4.69, 9.17) is 14.2 Å². The van der Waals surface area contributed by atoms with Crippen LogP contribution in [0, 0.1) is 5.82 Å². The number of hydrogen-bond acceptors (Lipinski definition) is 4. The molecule has 1 aliphatic rings. The zero-order valence-corrected chi connectivity index (χ0v) is 10.0. The molecule has 0 aliphatic carbocycles. The molecule has 4 nitrogen and oxygen atoms in total. The van der Waals surface area contributed by atoms with Crippen LogP contribution in [0.3, 0.4) is 0 Å². The molecule has 1 heterocycles. The molecule has 1 aromatic rings. The van der Waals surface area contributed by atoms with Crippen LogP contribution in [-0.2, 0) is 6.42 Å². The van der Waals surface area contributed by atoms with Crippen LogP contribution in [-0.4, -0.2) is 33.9 Å². The van der Waals surface area contributed by atoms with E-state index in [2.05, 4.69) is 5.32 Å². The van der Waals surface area contributed by atoms with Crippen molar-refractivity contribution in [3.63, 3.8) is 0 Å². The maximum absolute atomic E-state index is 14.1. The Labute approximate surface area is 99.7 Å². The highest BCUT2D eigenvalue weighted by atomic mass is 19.1. The van der Waals surface area contributed by atoms with Gasteiger partial charge in [-0.3, -0.25) is 0 Å². The number of benzene rings is 1. The second-order valence-corrected chi connectivity index (χ2v) is 3.76. The minimum absolute atomic E-state index is 0.154. The third-order valence-corrected chi connectivity index (χ3v) is 2.66. The Kier molecular flexibility index (Phi) is 3.68. The molecular weight excluding hydrogens is 225 g/mol. The Bertz CT molecular complexity index is 409. The van der Waals surface area contributed by atoms with E-state index >= 15 is 0 Å². The van der Waals surface area contributed by atoms with Gasteiger partial charge in [-0.15, -0.1) is 0 Å². The van der Waals surface area contributed by atoms with Gasteiger partial charge in [0.2, 0.25) is 11.6 Å². The minimum atomic E-state index is -0.476. The number of fused-ring (bicyclic) bond motifs is 1. The Morgan fingerprint density at radius 2 is 2.18 bits per heavy atom. The molecule has 0 radical (unpaired) electrons. The summed E-state index contributed by atoms with van der Waals surface area (Å²) in [7, 11) is 3.30. The molecule has 1 aromatic carbocycles. The van der Waals surface area contributed by atoms with Crippen molar-refractivity contribution in [3.05, 3.63) is 17.4 Å². The summed E-state index contributed by atoms with van der Waals surface area (Å²) in [6.07, 6.45) is 0.674. The van der Waals surface area contributed by atoms with Crippen molar-refractivity contribution in [2.75, 3.05) is 33.9 Å². The molecule has 0 saturated carbocycles. The van der Waals surface area contributed by atoms with Crippen LogP contribution in [0.2, 0.25) is 0 Å². The van der Waals surface area contributed by atoms with E-state index < -0.39 is 5.82 Å². The minimum Gasteiger partial charge on any atom is -0.493 e. The number of rotatable bonds is 4. The average molecular weight is 241 g/mol. The highest BCUT2D eigenvalue weighted by Gasteiger charge is 2.23. The number of hydrogen-bond donors (Lipinski definition) is 1. The van der Waals surface area contributed by atoms with E-state index in [-0.39, 0.29) is 11.5 Å². The second-order valence-electron chi connectivity index (χ2n) is 3.76. The van der Waals surface area contributed by atoms with Crippen molar-refractivity contribution in [2.45, 2.75) is 6.42 Å². The maximum atomic E-state index is 14.1. The molecule has 0 fully saturated rings. The van der Waals surface area contributed by atoms with Crippen molar-refractivity contribution >= 4 is 0 Å². The molecule has 0 bridgehead atoms. The van der Waals surface area contributed by atoms with Crippen LogP contribution >= 0.6 is 0 Å². The average Bonchev–Trinajstić information content (AvgIpc) is 2.36. The molecule has 1 aliphatic heterocycles. The number of halogens is 1. The molecule has 0 unspecified atom stereocenters. The number of likely N-dealkylation sites (N-methyl/N-ethyl adjacent to an activating group) is 1. The Hall–Kier alpha value is -1.49. The van der Waals surface area contributed by atoms with Gasteiger partial charge in [0.05, 0.1) is 7.11 Å². The fraction of sp³-hybridized carbons (Fsp3) is 0.500. The summed E-state index contributed by atoms with van der Waals surface area (Å²) in [6.45, 7) is 1.56. The first-order valence-electron chi connectivity index (χ1n) is 5.57. The highest BCUT2D eigenvalue weighted by molar-refractivity contribution is 5.53. The molecule has 94 valence electrons. The SMILES string of the molecule is CNCCc1cc2c(c(F)c1OC)OCCO2. The first-order chi connectivity index (χ1) is 8.27. The zero-order valence-electron chi connectivity index (χ0n) is 10.0. The van der Waals surface area contributed by atoms with Gasteiger partial charge in [-0.2, -0.15) is 4.39 Å². The van der Waals surface area contributed by atoms with Crippen LogP contribution in [0.5, 0.6) is 17.2 Å². The maximum Gasteiger partial charge on any atom is 0.210 e. The summed E-state index contributed by atoms with van der Waals surface area (Å²) in [5.74, 6) is 0.377. The smallest absolute Gasteiger partial charge is 0.210 e. The van der Waals surface area contributed by atoms with Crippen molar-refractivity contribution in [2.24, 2.45) is 0 Å². The number of nitrogens with one attached hydrogen (secondary N) is 1. The standard InChI is InChI=1S/C12H16FNO3/c1-14-4-3-8-7-9-12(17-6-5-16-9)10(13)11(8)15-2/h7,14H,3-6H2,1-2H3. The predicted molar refractivity (Wildman–Crippen MR) is 61.6 cm³/mol. The Balaban J connectivity index is 2.40. The summed E-state index contributed by atoms with van der Waals surface area (Å²) < 4.78 is 29.8. The Morgan fingerprint density at radius 1 is 1.41 bits per heavy atom. The number of ether oxygens (including phenoxy) is 3. The quantitative estimate of drug-likeness (QED) is 0.864. The molecule has 0 atom stereocenters. The monoisotopic (exact) mass is 241 g/mol. The van der Waals surface area contributed by atoms with Gasteiger partial charge in [0, 0.05) is 5.56 Å². The van der Waals surface area contributed by atoms with Crippen molar-refractivity contribution in [1.82, 2.24) is 5.32 Å². The molecule has 0 aromatic heterocycles. The third-order valence-electron chi connectivity index (χ3n) is 2.66. The highest BCUT2D eigenvalue weighted by Crippen LogP contribution is 2.40. The van der Waals surface area contributed by atoms with E-state index in [9.17, 15) is 4.39 Å². The van der Waals surface area contributed by atoms with Crippen LogP contribution in [0.25, 0.3) is 0 Å². The lowest BCUT2D eigenvalue weighted by atomic mass is 10.1.